The van der Waals surface area contributed by atoms with Crippen LogP contribution in [0.1, 0.15) is 94.5 Å². The summed E-state index contributed by atoms with van der Waals surface area (Å²) in [7, 11) is 0. The molecule has 1 aromatic rings. The van der Waals surface area contributed by atoms with E-state index in [0.717, 1.165) is 31.8 Å². The number of aromatic nitrogens is 2. The van der Waals surface area contributed by atoms with Crippen molar-refractivity contribution in [3.63, 3.8) is 0 Å². The molecule has 2 heterocycles. The second-order valence-electron chi connectivity index (χ2n) is 15.3. The minimum atomic E-state index is -5.40. The van der Waals surface area contributed by atoms with E-state index in [2.05, 4.69) is 43.1 Å². The minimum absolute atomic E-state index is 0.0174. The molecule has 4 fully saturated rings. The highest BCUT2D eigenvalue weighted by molar-refractivity contribution is 5.98. The van der Waals surface area contributed by atoms with Crippen LogP contribution in [0.4, 0.5) is 13.2 Å². The van der Waals surface area contributed by atoms with Crippen molar-refractivity contribution in [2.45, 2.75) is 126 Å². The van der Waals surface area contributed by atoms with Crippen LogP contribution in [0.15, 0.2) is 31.2 Å². The zero-order valence-electron chi connectivity index (χ0n) is 31.9. The summed E-state index contributed by atoms with van der Waals surface area (Å²) in [4.78, 5) is 103. The molecule has 0 bridgehead atoms. The zero-order chi connectivity index (χ0) is 41.3. The predicted octanol–water partition coefficient (Wildman–Crippen LogP) is 1.61. The molecular formula is C38H51F3N8O8. The van der Waals surface area contributed by atoms with Crippen LogP contribution in [0.5, 0.6) is 0 Å². The van der Waals surface area contributed by atoms with E-state index in [1.807, 2.05) is 0 Å². The van der Waals surface area contributed by atoms with Gasteiger partial charge in [-0.1, -0.05) is 45.6 Å². The first kappa shape index (κ1) is 43.0. The summed E-state index contributed by atoms with van der Waals surface area (Å²) in [6.07, 6.45) is 4.80. The maximum Gasteiger partial charge on any atom is 0.490 e. The second kappa shape index (κ2) is 19.4. The smallest absolute Gasteiger partial charge is 0.443 e. The molecule has 57 heavy (non-hydrogen) atoms. The Hall–Kier alpha value is -5.10. The van der Waals surface area contributed by atoms with Crippen LogP contribution in [-0.2, 0) is 33.5 Å². The molecule has 1 aromatic heterocycles. The van der Waals surface area contributed by atoms with Crippen molar-refractivity contribution in [2.24, 2.45) is 17.8 Å². The van der Waals surface area contributed by atoms with Gasteiger partial charge < -0.3 is 36.2 Å². The van der Waals surface area contributed by atoms with Gasteiger partial charge in [0.25, 0.3) is 11.8 Å². The summed E-state index contributed by atoms with van der Waals surface area (Å²) in [5, 5.41) is 13.2. The van der Waals surface area contributed by atoms with Gasteiger partial charge in [-0.05, 0) is 68.8 Å². The molecule has 0 radical (unpaired) electrons. The number of carbonyl (C=O) groups is 7. The van der Waals surface area contributed by atoms with Gasteiger partial charge in [-0.2, -0.15) is 13.2 Å². The van der Waals surface area contributed by atoms with Crippen LogP contribution in [0.3, 0.4) is 0 Å². The van der Waals surface area contributed by atoms with Gasteiger partial charge >= 0.3 is 12.1 Å². The number of fused-ring (bicyclic) bond motifs is 1. The number of carbonyl (C=O) groups excluding carboxylic acids is 7. The molecule has 1 aliphatic heterocycles. The number of halogens is 3. The standard InChI is InChI=1S/C38H51F3N8O8/c1-3-9-25(31(35(54)45-23-14-15-23)57-37(56)38(39,40)41)46-34(53)30-24-13-8-12-22(24)20-49(30)36(55)27(19-44-28(50)4-2)47-33(52)29(21-10-6-5-7-11-21)48-32(51)26-18-42-16-17-43-26/h4,16-18,21-25,27,29-31H,2-3,5-15,19-20H2,1H3,(H,44,50)(H,45,54)(H,46,53)(H,47,52)(H,48,51)/t22-,24-,25?,27?,29?,30-,31?/m0/s1. The van der Waals surface area contributed by atoms with Crippen molar-refractivity contribution >= 4 is 41.4 Å². The number of hydrogen-bond acceptors (Lipinski definition) is 10. The normalized spacial score (nSPS) is 22.8. The number of hydrogen-bond donors (Lipinski definition) is 5. The molecule has 3 aliphatic carbocycles. The fourth-order valence-corrected chi connectivity index (χ4v) is 8.19. The molecule has 0 spiro atoms. The number of ether oxygens (including phenoxy) is 1. The Bertz CT molecular complexity index is 1660. The lowest BCUT2D eigenvalue weighted by Crippen LogP contribution is -2.62. The lowest BCUT2D eigenvalue weighted by Gasteiger charge is -2.34. The monoisotopic (exact) mass is 804 g/mol. The van der Waals surface area contributed by atoms with Crippen LogP contribution in [0.2, 0.25) is 0 Å². The van der Waals surface area contributed by atoms with Gasteiger partial charge in [-0.3, -0.25) is 33.8 Å². The van der Waals surface area contributed by atoms with Gasteiger partial charge in [-0.25, -0.2) is 9.78 Å². The SMILES string of the molecule is C=CC(=O)NCC(NC(=O)C(NC(=O)c1cnccn1)C1CCCCC1)C(=O)N1C[C@@H]2CCC[C@@H]2[C@H]1C(=O)NC(CCC)C(OC(=O)C(F)(F)F)C(=O)NC1CC1. The van der Waals surface area contributed by atoms with Crippen LogP contribution in [0, 0.1) is 17.8 Å². The number of nitrogens with one attached hydrogen (secondary N) is 5. The first-order valence-electron chi connectivity index (χ1n) is 19.7. The quantitative estimate of drug-likeness (QED) is 0.113. The Morgan fingerprint density at radius 2 is 1.68 bits per heavy atom. The molecule has 6 amide bonds. The van der Waals surface area contributed by atoms with Crippen LogP contribution >= 0.6 is 0 Å². The highest BCUT2D eigenvalue weighted by Gasteiger charge is 2.52. The van der Waals surface area contributed by atoms with Gasteiger partial charge in [0, 0.05) is 31.5 Å². The first-order valence-corrected chi connectivity index (χ1v) is 19.7. The highest BCUT2D eigenvalue weighted by Crippen LogP contribution is 2.42. The number of nitrogens with zero attached hydrogens (tertiary/aromatic N) is 3. The van der Waals surface area contributed by atoms with E-state index in [-0.39, 0.29) is 48.9 Å². The van der Waals surface area contributed by atoms with Crippen molar-refractivity contribution in [2.75, 3.05) is 13.1 Å². The number of rotatable bonds is 17. The fourth-order valence-electron chi connectivity index (χ4n) is 8.19. The van der Waals surface area contributed by atoms with Gasteiger partial charge in [0.05, 0.1) is 12.2 Å². The Labute approximate surface area is 328 Å². The minimum Gasteiger partial charge on any atom is -0.443 e. The van der Waals surface area contributed by atoms with E-state index in [1.165, 1.54) is 23.5 Å². The van der Waals surface area contributed by atoms with Gasteiger partial charge in [0.2, 0.25) is 23.6 Å². The average molecular weight is 805 g/mol. The second-order valence-corrected chi connectivity index (χ2v) is 15.3. The lowest BCUT2D eigenvalue weighted by molar-refractivity contribution is -0.206. The summed E-state index contributed by atoms with van der Waals surface area (Å²) >= 11 is 0. The Morgan fingerprint density at radius 3 is 2.32 bits per heavy atom. The molecule has 1 saturated heterocycles. The van der Waals surface area contributed by atoms with E-state index in [0.29, 0.717) is 38.5 Å². The molecule has 312 valence electrons. The zero-order valence-corrected chi connectivity index (χ0v) is 31.9. The fraction of sp³-hybridized carbons (Fsp3) is 0.658. The molecule has 4 unspecified atom stereocenters. The molecule has 19 heteroatoms. The number of amides is 6. The molecule has 5 rings (SSSR count). The summed E-state index contributed by atoms with van der Waals surface area (Å²) in [5.74, 6) is -7.80. The molecule has 0 aromatic carbocycles. The van der Waals surface area contributed by atoms with Crippen molar-refractivity contribution < 1.29 is 51.5 Å². The summed E-state index contributed by atoms with van der Waals surface area (Å²) < 4.78 is 44.8. The molecule has 16 nitrogen and oxygen atoms in total. The summed E-state index contributed by atoms with van der Waals surface area (Å²) in [6, 6.07) is -5.35. The third-order valence-corrected chi connectivity index (χ3v) is 11.1. The predicted molar refractivity (Wildman–Crippen MR) is 195 cm³/mol. The molecule has 4 aliphatic rings. The molecule has 3 saturated carbocycles. The van der Waals surface area contributed by atoms with E-state index in [1.54, 1.807) is 6.92 Å². The Morgan fingerprint density at radius 1 is 0.947 bits per heavy atom. The van der Waals surface area contributed by atoms with E-state index in [4.69, 9.17) is 4.74 Å². The van der Waals surface area contributed by atoms with E-state index < -0.39 is 84.4 Å². The van der Waals surface area contributed by atoms with Gasteiger partial charge in [0.15, 0.2) is 6.10 Å². The first-order chi connectivity index (χ1) is 27.2. The van der Waals surface area contributed by atoms with Crippen LogP contribution < -0.4 is 26.6 Å². The van der Waals surface area contributed by atoms with Crippen molar-refractivity contribution in [1.82, 2.24) is 41.5 Å². The molecular weight excluding hydrogens is 753 g/mol. The van der Waals surface area contributed by atoms with Gasteiger partial charge in [0.1, 0.15) is 23.8 Å². The van der Waals surface area contributed by atoms with Gasteiger partial charge in [-0.15, -0.1) is 0 Å². The third-order valence-electron chi connectivity index (χ3n) is 11.1. The van der Waals surface area contributed by atoms with Crippen molar-refractivity contribution in [3.8, 4) is 0 Å². The summed E-state index contributed by atoms with van der Waals surface area (Å²) in [6.45, 7) is 4.82. The number of alkyl halides is 3. The Kier molecular flexibility index (Phi) is 14.6. The number of esters is 1. The third kappa shape index (κ3) is 11.3. The largest absolute Gasteiger partial charge is 0.490 e. The summed E-state index contributed by atoms with van der Waals surface area (Å²) in [5.41, 5.74) is -0.0174. The van der Waals surface area contributed by atoms with Crippen molar-refractivity contribution in [1.29, 1.82) is 0 Å². The lowest BCUT2D eigenvalue weighted by atomic mass is 9.83. The molecule has 5 N–H and O–H groups in total. The van der Waals surface area contributed by atoms with E-state index >= 15 is 0 Å². The Balaban J connectivity index is 1.40. The van der Waals surface area contributed by atoms with Crippen LogP contribution in [0.25, 0.3) is 0 Å². The maximum absolute atomic E-state index is 14.6. The number of likely N-dealkylation sites (tertiary alicyclic amines) is 1. The highest BCUT2D eigenvalue weighted by atomic mass is 19.4. The van der Waals surface area contributed by atoms with Crippen molar-refractivity contribution in [3.05, 3.63) is 36.9 Å². The molecule has 7 atom stereocenters. The topological polar surface area (TPSA) is 218 Å². The van der Waals surface area contributed by atoms with E-state index in [9.17, 15) is 46.7 Å². The average Bonchev–Trinajstić information content (AvgIpc) is 3.76. The van der Waals surface area contributed by atoms with Crippen LogP contribution in [-0.4, -0.2) is 112 Å². The maximum atomic E-state index is 14.6.